The van der Waals surface area contributed by atoms with E-state index in [-0.39, 0.29) is 5.91 Å². The lowest BCUT2D eigenvalue weighted by molar-refractivity contribution is 0.102. The van der Waals surface area contributed by atoms with Gasteiger partial charge in [-0.25, -0.2) is 0 Å². The van der Waals surface area contributed by atoms with Crippen molar-refractivity contribution in [2.45, 2.75) is 13.8 Å². The summed E-state index contributed by atoms with van der Waals surface area (Å²) in [5.41, 5.74) is 3.37. The van der Waals surface area contributed by atoms with Gasteiger partial charge in [-0.2, -0.15) is 0 Å². The Morgan fingerprint density at radius 1 is 1.08 bits per heavy atom. The Morgan fingerprint density at radius 3 is 2.36 bits per heavy atom. The van der Waals surface area contributed by atoms with E-state index < -0.39 is 0 Å². The lowest BCUT2D eigenvalue weighted by atomic mass is 10.2. The lowest BCUT2D eigenvalue weighted by Gasteiger charge is -2.09. The molecule has 1 N–H and O–H groups in total. The molecule has 3 aromatic rings. The molecular weight excluding hydrogens is 336 g/mol. The molecule has 0 atom stereocenters. The van der Waals surface area contributed by atoms with Crippen molar-refractivity contribution in [3.63, 3.8) is 0 Å². The summed E-state index contributed by atoms with van der Waals surface area (Å²) in [6.07, 6.45) is 0. The topological polar surface area (TPSA) is 43.3 Å². The summed E-state index contributed by atoms with van der Waals surface area (Å²) >= 11 is 6.09. The molecule has 128 valence electrons. The highest BCUT2D eigenvalue weighted by Crippen LogP contribution is 2.29. The number of nitrogens with one attached hydrogen (secondary N) is 1. The first-order valence-corrected chi connectivity index (χ1v) is 8.30. The molecular formula is C20H19ClN2O2. The fourth-order valence-electron chi connectivity index (χ4n) is 2.54. The summed E-state index contributed by atoms with van der Waals surface area (Å²) in [5.74, 6) is 1.12. The van der Waals surface area contributed by atoms with Crippen molar-refractivity contribution >= 4 is 23.2 Å². The zero-order valence-corrected chi connectivity index (χ0v) is 15.1. The van der Waals surface area contributed by atoms with Gasteiger partial charge >= 0.3 is 0 Å². The first kappa shape index (κ1) is 17.1. The van der Waals surface area contributed by atoms with Crippen LogP contribution in [0, 0.1) is 13.8 Å². The molecule has 1 aromatic heterocycles. The van der Waals surface area contributed by atoms with Crippen molar-refractivity contribution in [1.82, 2.24) is 4.57 Å². The Balaban J connectivity index is 1.71. The predicted octanol–water partition coefficient (Wildman–Crippen LogP) is 5.34. The van der Waals surface area contributed by atoms with E-state index in [1.54, 1.807) is 36.4 Å². The number of benzene rings is 2. The molecule has 0 saturated carbocycles. The number of halogens is 1. The van der Waals surface area contributed by atoms with E-state index in [0.717, 1.165) is 11.4 Å². The molecule has 3 rings (SSSR count). The molecule has 1 heterocycles. The van der Waals surface area contributed by atoms with Crippen molar-refractivity contribution in [1.29, 1.82) is 0 Å². The number of amides is 1. The Morgan fingerprint density at radius 2 is 1.76 bits per heavy atom. The third-order valence-corrected chi connectivity index (χ3v) is 4.51. The molecule has 0 aliphatic rings. The summed E-state index contributed by atoms with van der Waals surface area (Å²) in [4.78, 5) is 12.4. The molecule has 0 fully saturated rings. The molecule has 25 heavy (non-hydrogen) atoms. The lowest BCUT2D eigenvalue weighted by Crippen LogP contribution is -2.12. The normalized spacial score (nSPS) is 10.6. The molecule has 2 aromatic carbocycles. The molecule has 0 aliphatic carbocycles. The van der Waals surface area contributed by atoms with Crippen molar-refractivity contribution in [3.8, 4) is 11.5 Å². The SMILES string of the molecule is Cc1cc(C(=O)Nc2ccc(Oc3ccccc3Cl)cc2)c(C)n1C. The second kappa shape index (κ2) is 7.03. The van der Waals surface area contributed by atoms with Gasteiger partial charge in [-0.15, -0.1) is 0 Å². The molecule has 0 spiro atoms. The van der Waals surface area contributed by atoms with E-state index in [0.29, 0.717) is 27.8 Å². The van der Waals surface area contributed by atoms with Crippen LogP contribution in [0.3, 0.4) is 0 Å². The van der Waals surface area contributed by atoms with Crippen molar-refractivity contribution in [2.75, 3.05) is 5.32 Å². The van der Waals surface area contributed by atoms with E-state index >= 15 is 0 Å². The molecule has 0 radical (unpaired) electrons. The average molecular weight is 355 g/mol. The van der Waals surface area contributed by atoms with E-state index in [9.17, 15) is 4.79 Å². The van der Waals surface area contributed by atoms with E-state index in [1.165, 1.54) is 0 Å². The van der Waals surface area contributed by atoms with Gasteiger partial charge in [0.15, 0.2) is 0 Å². The fourth-order valence-corrected chi connectivity index (χ4v) is 2.72. The quantitative estimate of drug-likeness (QED) is 0.687. The summed E-state index contributed by atoms with van der Waals surface area (Å²) in [6, 6.07) is 16.4. The number of hydrogen-bond donors (Lipinski definition) is 1. The van der Waals surface area contributed by atoms with Crippen molar-refractivity contribution < 1.29 is 9.53 Å². The minimum atomic E-state index is -0.124. The number of aryl methyl sites for hydroxylation is 1. The van der Waals surface area contributed by atoms with Crippen molar-refractivity contribution in [2.24, 2.45) is 7.05 Å². The van der Waals surface area contributed by atoms with Gasteiger partial charge in [0.05, 0.1) is 10.6 Å². The van der Waals surface area contributed by atoms with Gasteiger partial charge in [0, 0.05) is 24.1 Å². The highest BCUT2D eigenvalue weighted by atomic mass is 35.5. The summed E-state index contributed by atoms with van der Waals surface area (Å²) in [6.45, 7) is 3.91. The maximum atomic E-state index is 12.4. The second-order valence-corrected chi connectivity index (χ2v) is 6.26. The van der Waals surface area contributed by atoms with Gasteiger partial charge in [0.25, 0.3) is 5.91 Å². The molecule has 1 amide bonds. The molecule has 5 heteroatoms. The number of aromatic nitrogens is 1. The molecule has 0 unspecified atom stereocenters. The average Bonchev–Trinajstić information content (AvgIpc) is 2.86. The number of nitrogens with zero attached hydrogens (tertiary/aromatic N) is 1. The molecule has 0 bridgehead atoms. The van der Waals surface area contributed by atoms with Crippen LogP contribution in [-0.4, -0.2) is 10.5 Å². The monoisotopic (exact) mass is 354 g/mol. The van der Waals surface area contributed by atoms with Crippen LogP contribution in [0.1, 0.15) is 21.7 Å². The summed E-state index contributed by atoms with van der Waals surface area (Å²) in [7, 11) is 1.95. The third-order valence-electron chi connectivity index (χ3n) is 4.20. The number of para-hydroxylation sites is 1. The minimum absolute atomic E-state index is 0.124. The maximum Gasteiger partial charge on any atom is 0.257 e. The Labute approximate surface area is 152 Å². The molecule has 4 nitrogen and oxygen atoms in total. The van der Waals surface area contributed by atoms with Gasteiger partial charge < -0.3 is 14.6 Å². The number of hydrogen-bond acceptors (Lipinski definition) is 2. The van der Waals surface area contributed by atoms with E-state index in [4.69, 9.17) is 16.3 Å². The van der Waals surface area contributed by atoms with Crippen molar-refractivity contribution in [3.05, 3.63) is 76.6 Å². The van der Waals surface area contributed by atoms with E-state index in [2.05, 4.69) is 5.32 Å². The summed E-state index contributed by atoms with van der Waals surface area (Å²) in [5, 5.41) is 3.46. The van der Waals surface area contributed by atoms with Gasteiger partial charge in [-0.3, -0.25) is 4.79 Å². The van der Waals surface area contributed by atoms with Crippen LogP contribution in [0.4, 0.5) is 5.69 Å². The van der Waals surface area contributed by atoms with Crippen LogP contribution < -0.4 is 10.1 Å². The zero-order chi connectivity index (χ0) is 18.0. The number of carbonyl (C=O) groups excluding carboxylic acids is 1. The fraction of sp³-hybridized carbons (Fsp3) is 0.150. The van der Waals surface area contributed by atoms with Crippen LogP contribution >= 0.6 is 11.6 Å². The number of ether oxygens (including phenoxy) is 1. The number of rotatable bonds is 4. The number of carbonyl (C=O) groups is 1. The first-order chi connectivity index (χ1) is 12.0. The van der Waals surface area contributed by atoms with Gasteiger partial charge in [0.2, 0.25) is 0 Å². The molecule has 0 aliphatic heterocycles. The highest BCUT2D eigenvalue weighted by Gasteiger charge is 2.14. The maximum absolute atomic E-state index is 12.4. The zero-order valence-electron chi connectivity index (χ0n) is 14.3. The Bertz CT molecular complexity index is 914. The largest absolute Gasteiger partial charge is 0.456 e. The van der Waals surface area contributed by atoms with Crippen LogP contribution in [-0.2, 0) is 7.05 Å². The molecule has 0 saturated heterocycles. The van der Waals surface area contributed by atoms with Gasteiger partial charge in [-0.05, 0) is 56.3 Å². The highest BCUT2D eigenvalue weighted by molar-refractivity contribution is 6.32. The third kappa shape index (κ3) is 3.69. The standard InChI is InChI=1S/C20H19ClN2O2/c1-13-12-17(14(2)23(13)3)20(24)22-15-8-10-16(11-9-15)25-19-7-5-4-6-18(19)21/h4-12H,1-3H3,(H,22,24). The predicted molar refractivity (Wildman–Crippen MR) is 101 cm³/mol. The number of anilines is 1. The minimum Gasteiger partial charge on any atom is -0.456 e. The van der Waals surface area contributed by atoms with Crippen LogP contribution in [0.15, 0.2) is 54.6 Å². The Kier molecular flexibility index (Phi) is 4.81. The van der Waals surface area contributed by atoms with Crippen LogP contribution in [0.2, 0.25) is 5.02 Å². The van der Waals surface area contributed by atoms with Crippen LogP contribution in [0.5, 0.6) is 11.5 Å². The Hall–Kier alpha value is -2.72. The van der Waals surface area contributed by atoms with Crippen LogP contribution in [0.25, 0.3) is 0 Å². The van der Waals surface area contributed by atoms with Gasteiger partial charge in [-0.1, -0.05) is 23.7 Å². The smallest absolute Gasteiger partial charge is 0.257 e. The first-order valence-electron chi connectivity index (χ1n) is 7.92. The van der Waals surface area contributed by atoms with Gasteiger partial charge in [0.1, 0.15) is 11.5 Å². The summed E-state index contributed by atoms with van der Waals surface area (Å²) < 4.78 is 7.74. The van der Waals surface area contributed by atoms with E-state index in [1.807, 2.05) is 43.7 Å². The second-order valence-electron chi connectivity index (χ2n) is 5.85.